The van der Waals surface area contributed by atoms with Crippen molar-refractivity contribution < 1.29 is 0 Å². The molecule has 0 amide bonds. The van der Waals surface area contributed by atoms with Gasteiger partial charge in [-0.15, -0.1) is 0 Å². The van der Waals surface area contributed by atoms with Crippen LogP contribution >= 0.6 is 0 Å². The van der Waals surface area contributed by atoms with Gasteiger partial charge in [-0.05, 0) is 27.0 Å². The molecule has 4 nitrogen and oxygen atoms in total. The van der Waals surface area contributed by atoms with Crippen LogP contribution in [-0.4, -0.2) is 47.4 Å². The molecule has 0 fully saturated rings. The molecule has 0 atom stereocenters. The fourth-order valence-electron chi connectivity index (χ4n) is 1.50. The fourth-order valence-corrected chi connectivity index (χ4v) is 1.50. The average Bonchev–Trinajstić information content (AvgIpc) is 2.63. The summed E-state index contributed by atoms with van der Waals surface area (Å²) in [4.78, 5) is 2.34. The lowest BCUT2D eigenvalue weighted by Gasteiger charge is -2.20. The van der Waals surface area contributed by atoms with E-state index in [1.807, 2.05) is 17.9 Å². The van der Waals surface area contributed by atoms with E-state index in [1.165, 1.54) is 5.69 Å². The molecule has 0 spiro atoms. The molecule has 16 heavy (non-hydrogen) atoms. The van der Waals surface area contributed by atoms with Crippen molar-refractivity contribution in [2.75, 3.05) is 26.7 Å². The Morgan fingerprint density at radius 2 is 2.19 bits per heavy atom. The van der Waals surface area contributed by atoms with E-state index in [4.69, 9.17) is 0 Å². The normalized spacial score (nSPS) is 11.6. The predicted molar refractivity (Wildman–Crippen MR) is 67.5 cm³/mol. The first-order valence-electron chi connectivity index (χ1n) is 5.99. The highest BCUT2D eigenvalue weighted by Crippen LogP contribution is 1.96. The molecule has 1 N–H and O–H groups in total. The summed E-state index contributed by atoms with van der Waals surface area (Å²) in [7, 11) is 4.15. The van der Waals surface area contributed by atoms with E-state index in [1.54, 1.807) is 0 Å². The third-order valence-electron chi connectivity index (χ3n) is 3.00. The molecule has 0 aliphatic heterocycles. The largest absolute Gasteiger partial charge is 0.315 e. The second-order valence-electron chi connectivity index (χ2n) is 4.52. The van der Waals surface area contributed by atoms with Crippen molar-refractivity contribution in [3.05, 3.63) is 18.0 Å². The van der Waals surface area contributed by atoms with Gasteiger partial charge in [-0.1, -0.05) is 0 Å². The van der Waals surface area contributed by atoms with Crippen LogP contribution in [0.25, 0.3) is 0 Å². The molecule has 1 aromatic heterocycles. The van der Waals surface area contributed by atoms with Gasteiger partial charge in [0.1, 0.15) is 0 Å². The van der Waals surface area contributed by atoms with Crippen molar-refractivity contribution in [3.8, 4) is 0 Å². The molecule has 4 heteroatoms. The van der Waals surface area contributed by atoms with Gasteiger partial charge in [0, 0.05) is 51.0 Å². The van der Waals surface area contributed by atoms with Crippen LogP contribution in [0.3, 0.4) is 0 Å². The zero-order chi connectivity index (χ0) is 12.0. The molecule has 0 saturated heterocycles. The third kappa shape index (κ3) is 4.33. The summed E-state index contributed by atoms with van der Waals surface area (Å²) in [5.74, 6) is 0. The van der Waals surface area contributed by atoms with Crippen LogP contribution in [0.5, 0.6) is 0 Å². The van der Waals surface area contributed by atoms with Crippen molar-refractivity contribution in [3.63, 3.8) is 0 Å². The number of aryl methyl sites for hydroxylation is 1. The highest BCUT2D eigenvalue weighted by atomic mass is 15.3. The van der Waals surface area contributed by atoms with Crippen LogP contribution in [-0.2, 0) is 13.5 Å². The molecule has 0 radical (unpaired) electrons. The molecular weight excluding hydrogens is 200 g/mol. The summed E-state index contributed by atoms with van der Waals surface area (Å²) in [6.07, 6.45) is 2.89. The highest BCUT2D eigenvalue weighted by molar-refractivity contribution is 5.00. The monoisotopic (exact) mass is 224 g/mol. The Bertz CT molecular complexity index is 293. The Kier molecular flexibility index (Phi) is 5.49. The van der Waals surface area contributed by atoms with Gasteiger partial charge in [0.2, 0.25) is 0 Å². The summed E-state index contributed by atoms with van der Waals surface area (Å²) in [6.45, 7) is 7.60. The highest BCUT2D eigenvalue weighted by Gasteiger charge is 2.02. The van der Waals surface area contributed by atoms with Crippen LogP contribution in [0.15, 0.2) is 12.3 Å². The summed E-state index contributed by atoms with van der Waals surface area (Å²) in [5.41, 5.74) is 1.28. The minimum Gasteiger partial charge on any atom is -0.315 e. The number of aromatic nitrogens is 2. The van der Waals surface area contributed by atoms with E-state index in [0.29, 0.717) is 6.04 Å². The minimum absolute atomic E-state index is 0.624. The molecule has 0 aromatic carbocycles. The summed E-state index contributed by atoms with van der Waals surface area (Å²) in [5, 5.41) is 7.60. The van der Waals surface area contributed by atoms with Crippen LogP contribution < -0.4 is 5.32 Å². The lowest BCUT2D eigenvalue weighted by atomic mass is 10.3. The molecule has 0 saturated carbocycles. The van der Waals surface area contributed by atoms with Crippen LogP contribution in [0, 0.1) is 0 Å². The van der Waals surface area contributed by atoms with Gasteiger partial charge in [0.15, 0.2) is 0 Å². The van der Waals surface area contributed by atoms with Crippen molar-refractivity contribution in [1.29, 1.82) is 0 Å². The van der Waals surface area contributed by atoms with E-state index in [2.05, 4.69) is 42.3 Å². The van der Waals surface area contributed by atoms with Crippen molar-refractivity contribution in [2.45, 2.75) is 26.3 Å². The van der Waals surface area contributed by atoms with Gasteiger partial charge in [-0.25, -0.2) is 0 Å². The van der Waals surface area contributed by atoms with E-state index in [0.717, 1.165) is 26.1 Å². The molecule has 1 heterocycles. The number of nitrogens with one attached hydrogen (secondary N) is 1. The first kappa shape index (κ1) is 13.2. The van der Waals surface area contributed by atoms with E-state index < -0.39 is 0 Å². The molecule has 0 unspecified atom stereocenters. The minimum atomic E-state index is 0.624. The molecule has 0 aliphatic rings. The standard InChI is InChI=1S/C12H24N4/c1-11(2)15(3)10-9-13-7-5-12-6-8-14-16(12)4/h6,8,11,13H,5,7,9-10H2,1-4H3. The Morgan fingerprint density at radius 1 is 1.44 bits per heavy atom. The molecule has 0 aliphatic carbocycles. The van der Waals surface area contributed by atoms with E-state index in [-0.39, 0.29) is 0 Å². The Balaban J connectivity index is 2.07. The van der Waals surface area contributed by atoms with Gasteiger partial charge in [0.05, 0.1) is 0 Å². The SMILES string of the molecule is CC(C)N(C)CCNCCc1ccnn1C. The topological polar surface area (TPSA) is 33.1 Å². The van der Waals surface area contributed by atoms with Gasteiger partial charge in [-0.2, -0.15) is 5.10 Å². The smallest absolute Gasteiger partial charge is 0.0492 e. The fraction of sp³-hybridized carbons (Fsp3) is 0.750. The average molecular weight is 224 g/mol. The van der Waals surface area contributed by atoms with E-state index >= 15 is 0 Å². The number of likely N-dealkylation sites (N-methyl/N-ethyl adjacent to an activating group) is 1. The first-order valence-corrected chi connectivity index (χ1v) is 5.99. The number of nitrogens with zero attached hydrogens (tertiary/aromatic N) is 3. The van der Waals surface area contributed by atoms with Crippen LogP contribution in [0.1, 0.15) is 19.5 Å². The summed E-state index contributed by atoms with van der Waals surface area (Å²) < 4.78 is 1.93. The van der Waals surface area contributed by atoms with Gasteiger partial charge in [0.25, 0.3) is 0 Å². The van der Waals surface area contributed by atoms with E-state index in [9.17, 15) is 0 Å². The number of rotatable bonds is 7. The molecule has 1 rings (SSSR count). The van der Waals surface area contributed by atoms with Gasteiger partial charge >= 0.3 is 0 Å². The lowest BCUT2D eigenvalue weighted by molar-refractivity contribution is 0.273. The second-order valence-corrected chi connectivity index (χ2v) is 4.52. The number of hydrogen-bond donors (Lipinski definition) is 1. The van der Waals surface area contributed by atoms with Crippen molar-refractivity contribution >= 4 is 0 Å². The van der Waals surface area contributed by atoms with Crippen molar-refractivity contribution in [1.82, 2.24) is 20.0 Å². The Hall–Kier alpha value is -0.870. The Labute approximate surface area is 98.6 Å². The summed E-state index contributed by atoms with van der Waals surface area (Å²) in [6, 6.07) is 2.70. The van der Waals surface area contributed by atoms with Crippen LogP contribution in [0.2, 0.25) is 0 Å². The Morgan fingerprint density at radius 3 is 2.75 bits per heavy atom. The molecule has 92 valence electrons. The zero-order valence-electron chi connectivity index (χ0n) is 10.9. The first-order chi connectivity index (χ1) is 7.61. The van der Waals surface area contributed by atoms with Gasteiger partial charge in [-0.3, -0.25) is 4.68 Å². The van der Waals surface area contributed by atoms with Gasteiger partial charge < -0.3 is 10.2 Å². The quantitative estimate of drug-likeness (QED) is 0.698. The summed E-state index contributed by atoms with van der Waals surface area (Å²) >= 11 is 0. The maximum absolute atomic E-state index is 4.15. The lowest BCUT2D eigenvalue weighted by Crippen LogP contribution is -2.34. The zero-order valence-corrected chi connectivity index (χ0v) is 10.9. The van der Waals surface area contributed by atoms with Crippen molar-refractivity contribution in [2.24, 2.45) is 7.05 Å². The molecule has 1 aromatic rings. The molecular formula is C12H24N4. The maximum atomic E-state index is 4.15. The second kappa shape index (κ2) is 6.66. The molecule has 0 bridgehead atoms. The maximum Gasteiger partial charge on any atom is 0.0492 e. The number of hydrogen-bond acceptors (Lipinski definition) is 3. The third-order valence-corrected chi connectivity index (χ3v) is 3.00. The van der Waals surface area contributed by atoms with Crippen LogP contribution in [0.4, 0.5) is 0 Å². The predicted octanol–water partition coefficient (Wildman–Crippen LogP) is 0.892.